The fraction of sp³-hybridized carbons (Fsp3) is 0.423. The van der Waals surface area contributed by atoms with Crippen molar-refractivity contribution in [3.63, 3.8) is 0 Å². The first-order valence-electron chi connectivity index (χ1n) is 11.4. The Balaban J connectivity index is 2.11. The van der Waals surface area contributed by atoms with E-state index in [1.54, 1.807) is 44.3 Å². The van der Waals surface area contributed by atoms with Crippen molar-refractivity contribution in [1.29, 1.82) is 0 Å². The van der Waals surface area contributed by atoms with Crippen LogP contribution in [-0.2, 0) is 20.7 Å². The molecule has 1 heterocycles. The predicted molar refractivity (Wildman–Crippen MR) is 132 cm³/mol. The molecule has 2 unspecified atom stereocenters. The number of amides is 2. The number of carbonyl (C=O) groups is 3. The van der Waals surface area contributed by atoms with Gasteiger partial charge in [0.1, 0.15) is 11.5 Å². The summed E-state index contributed by atoms with van der Waals surface area (Å²) in [6.07, 6.45) is -1.11. The number of anilines is 1. The number of hydrogen-bond donors (Lipinski definition) is 0. The van der Waals surface area contributed by atoms with E-state index < -0.39 is 24.1 Å². The van der Waals surface area contributed by atoms with Gasteiger partial charge in [-0.1, -0.05) is 12.1 Å². The van der Waals surface area contributed by atoms with E-state index in [1.165, 1.54) is 11.8 Å². The van der Waals surface area contributed by atoms with E-state index >= 15 is 0 Å². The molecule has 0 spiro atoms. The molecule has 0 fully saturated rings. The molecule has 2 aromatic carbocycles. The van der Waals surface area contributed by atoms with Crippen molar-refractivity contribution in [2.24, 2.45) is 0 Å². The fourth-order valence-electron chi connectivity index (χ4n) is 4.02. The van der Waals surface area contributed by atoms with Gasteiger partial charge in [-0.25, -0.2) is 4.79 Å². The molecular formula is C26H33N3O6. The summed E-state index contributed by atoms with van der Waals surface area (Å²) in [6.45, 7) is 2.32. The molecule has 0 bridgehead atoms. The van der Waals surface area contributed by atoms with E-state index in [1.807, 2.05) is 43.3 Å². The monoisotopic (exact) mass is 483 g/mol. The van der Waals surface area contributed by atoms with Gasteiger partial charge in [-0.05, 0) is 62.0 Å². The van der Waals surface area contributed by atoms with Gasteiger partial charge in [-0.2, -0.15) is 0 Å². The van der Waals surface area contributed by atoms with Crippen LogP contribution in [0.4, 0.5) is 10.5 Å². The first kappa shape index (κ1) is 26.0. The number of hydrogen-bond acceptors (Lipinski definition) is 7. The first-order valence-corrected chi connectivity index (χ1v) is 11.4. The van der Waals surface area contributed by atoms with Gasteiger partial charge >= 0.3 is 12.1 Å². The zero-order chi connectivity index (χ0) is 25.7. The topological polar surface area (TPSA) is 88.6 Å². The summed E-state index contributed by atoms with van der Waals surface area (Å²) in [7, 11) is 8.66. The maximum absolute atomic E-state index is 13.8. The van der Waals surface area contributed by atoms with Crippen LogP contribution >= 0.6 is 0 Å². The van der Waals surface area contributed by atoms with Crippen LogP contribution in [0.5, 0.6) is 11.5 Å². The second-order valence-electron chi connectivity index (χ2n) is 8.96. The molecule has 1 aliphatic rings. The molecule has 0 N–H and O–H groups in total. The van der Waals surface area contributed by atoms with Gasteiger partial charge in [-0.15, -0.1) is 0 Å². The molecule has 2 amide bonds. The van der Waals surface area contributed by atoms with Crippen molar-refractivity contribution in [3.8, 4) is 11.5 Å². The van der Waals surface area contributed by atoms with Gasteiger partial charge in [0, 0.05) is 45.7 Å². The molecule has 9 nitrogen and oxygen atoms in total. The van der Waals surface area contributed by atoms with Crippen LogP contribution in [0, 0.1) is 0 Å². The fourth-order valence-corrected chi connectivity index (χ4v) is 4.02. The van der Waals surface area contributed by atoms with Crippen LogP contribution in [-0.4, -0.2) is 82.3 Å². The Morgan fingerprint density at radius 1 is 1.03 bits per heavy atom. The summed E-state index contributed by atoms with van der Waals surface area (Å²) in [5.74, 6) is -0.202. The Hall–Kier alpha value is -3.59. The highest BCUT2D eigenvalue weighted by Gasteiger charge is 2.40. The van der Waals surface area contributed by atoms with Gasteiger partial charge < -0.3 is 28.9 Å². The predicted octanol–water partition coefficient (Wildman–Crippen LogP) is 2.92. The zero-order valence-corrected chi connectivity index (χ0v) is 21.1. The van der Waals surface area contributed by atoms with Gasteiger partial charge in [0.25, 0.3) is 5.91 Å². The molecule has 3 rings (SSSR count). The van der Waals surface area contributed by atoms with E-state index in [2.05, 4.69) is 0 Å². The van der Waals surface area contributed by atoms with Crippen molar-refractivity contribution in [2.45, 2.75) is 25.4 Å². The van der Waals surface area contributed by atoms with Gasteiger partial charge in [0.15, 0.2) is 6.10 Å². The third-order valence-electron chi connectivity index (χ3n) is 5.83. The normalized spacial score (nSPS) is 17.5. The molecule has 1 aliphatic heterocycles. The van der Waals surface area contributed by atoms with Crippen molar-refractivity contribution in [2.75, 3.05) is 53.3 Å². The van der Waals surface area contributed by atoms with E-state index in [9.17, 15) is 14.4 Å². The minimum Gasteiger partial charge on any atom is -0.497 e. The van der Waals surface area contributed by atoms with Crippen LogP contribution in [0.2, 0.25) is 0 Å². The van der Waals surface area contributed by atoms with E-state index in [4.69, 9.17) is 14.2 Å². The van der Waals surface area contributed by atoms with E-state index in [-0.39, 0.29) is 5.91 Å². The van der Waals surface area contributed by atoms with Gasteiger partial charge in [0.2, 0.25) is 0 Å². The molecule has 0 aromatic heterocycles. The third-order valence-corrected chi connectivity index (χ3v) is 5.83. The summed E-state index contributed by atoms with van der Waals surface area (Å²) in [5.41, 5.74) is 2.35. The molecule has 35 heavy (non-hydrogen) atoms. The number of likely N-dealkylation sites (N-methyl/N-ethyl adjacent to an activating group) is 1. The standard InChI is InChI=1S/C26H33N3O6/c1-17(30)34-24-22(18-7-9-20(33-6)10-8-18)16-19-15-21(35-26(32)28(4)5)11-12-23(19)29(25(24)31)14-13-27(2)3/h7-12,15,22,24H,13-14,16H2,1-6H3. The van der Waals surface area contributed by atoms with Crippen LogP contribution in [0.1, 0.15) is 24.0 Å². The SMILES string of the molecule is COc1ccc(C2Cc3cc(OC(=O)N(C)C)ccc3N(CCN(C)C)C(=O)C2OC(C)=O)cc1. The largest absolute Gasteiger partial charge is 0.497 e. The van der Waals surface area contributed by atoms with E-state index in [0.29, 0.717) is 36.7 Å². The molecule has 0 radical (unpaired) electrons. The number of rotatable bonds is 7. The maximum Gasteiger partial charge on any atom is 0.414 e. The molecule has 0 saturated heterocycles. The van der Waals surface area contributed by atoms with E-state index in [0.717, 1.165) is 11.1 Å². The van der Waals surface area contributed by atoms with Gasteiger partial charge in [-0.3, -0.25) is 9.59 Å². The average molecular weight is 484 g/mol. The quantitative estimate of drug-likeness (QED) is 0.560. The van der Waals surface area contributed by atoms with Crippen LogP contribution in [0.3, 0.4) is 0 Å². The Bertz CT molecular complexity index is 1070. The molecule has 2 aromatic rings. The van der Waals surface area contributed by atoms with Crippen molar-refractivity contribution in [3.05, 3.63) is 53.6 Å². The first-order chi connectivity index (χ1) is 16.6. The Morgan fingerprint density at radius 2 is 1.69 bits per heavy atom. The molecule has 0 aliphatic carbocycles. The summed E-state index contributed by atoms with van der Waals surface area (Å²) in [4.78, 5) is 43.0. The Morgan fingerprint density at radius 3 is 2.26 bits per heavy atom. The second-order valence-corrected chi connectivity index (χ2v) is 8.96. The van der Waals surface area contributed by atoms with Crippen LogP contribution in [0.25, 0.3) is 0 Å². The number of benzene rings is 2. The number of esters is 1. The maximum atomic E-state index is 13.8. The van der Waals surface area contributed by atoms with Crippen LogP contribution < -0.4 is 14.4 Å². The van der Waals surface area contributed by atoms with Crippen LogP contribution in [0.15, 0.2) is 42.5 Å². The average Bonchev–Trinajstić information content (AvgIpc) is 2.92. The van der Waals surface area contributed by atoms with Crippen molar-refractivity contribution >= 4 is 23.7 Å². The zero-order valence-electron chi connectivity index (χ0n) is 21.1. The number of fused-ring (bicyclic) bond motifs is 1. The molecular weight excluding hydrogens is 450 g/mol. The lowest BCUT2D eigenvalue weighted by molar-refractivity contribution is -0.154. The summed E-state index contributed by atoms with van der Waals surface area (Å²) in [6, 6.07) is 12.6. The minimum atomic E-state index is -1.01. The second kappa shape index (κ2) is 11.2. The Kier molecular flexibility index (Phi) is 8.34. The molecule has 2 atom stereocenters. The number of carbonyl (C=O) groups excluding carboxylic acids is 3. The molecule has 188 valence electrons. The highest BCUT2D eigenvalue weighted by atomic mass is 16.6. The van der Waals surface area contributed by atoms with Gasteiger partial charge in [0.05, 0.1) is 7.11 Å². The minimum absolute atomic E-state index is 0.292. The number of ether oxygens (including phenoxy) is 3. The number of methoxy groups -OCH3 is 1. The summed E-state index contributed by atoms with van der Waals surface area (Å²) < 4.78 is 16.4. The smallest absolute Gasteiger partial charge is 0.414 e. The molecule has 9 heteroatoms. The Labute approximate surface area is 206 Å². The highest BCUT2D eigenvalue weighted by molar-refractivity contribution is 6.00. The highest BCUT2D eigenvalue weighted by Crippen LogP contribution is 2.38. The number of nitrogens with zero attached hydrogens (tertiary/aromatic N) is 3. The lowest BCUT2D eigenvalue weighted by atomic mass is 9.87. The summed E-state index contributed by atoms with van der Waals surface area (Å²) >= 11 is 0. The van der Waals surface area contributed by atoms with Crippen molar-refractivity contribution in [1.82, 2.24) is 9.80 Å². The van der Waals surface area contributed by atoms with Crippen molar-refractivity contribution < 1.29 is 28.6 Å². The summed E-state index contributed by atoms with van der Waals surface area (Å²) in [5, 5.41) is 0. The lowest BCUT2D eigenvalue weighted by Gasteiger charge is -2.29. The molecule has 0 saturated carbocycles. The third kappa shape index (κ3) is 6.30. The lowest BCUT2D eigenvalue weighted by Crippen LogP contribution is -2.45.